The molecule has 0 fully saturated rings. The van der Waals surface area contributed by atoms with E-state index >= 15 is 0 Å². The Morgan fingerprint density at radius 1 is 1.26 bits per heavy atom. The summed E-state index contributed by atoms with van der Waals surface area (Å²) in [4.78, 5) is 23.1. The van der Waals surface area contributed by atoms with Gasteiger partial charge in [-0.3, -0.25) is 4.79 Å². The molecule has 102 valence electrons. The number of carbonyl (C=O) groups is 2. The van der Waals surface area contributed by atoms with E-state index in [2.05, 4.69) is 10.1 Å². The Morgan fingerprint density at radius 3 is 2.42 bits per heavy atom. The summed E-state index contributed by atoms with van der Waals surface area (Å²) in [5.41, 5.74) is 1.38. The Hall–Kier alpha value is -1.75. The molecule has 0 aliphatic heterocycles. The normalized spacial score (nSPS) is 11.0. The Balaban J connectivity index is 2.50. The third-order valence-corrected chi connectivity index (χ3v) is 3.26. The highest BCUT2D eigenvalue weighted by molar-refractivity contribution is 7.99. The molecule has 0 radical (unpaired) electrons. The molecular formula is C14H17NO3S. The van der Waals surface area contributed by atoms with Gasteiger partial charge in [-0.1, -0.05) is 6.08 Å². The van der Waals surface area contributed by atoms with Gasteiger partial charge in [0.1, 0.15) is 0 Å². The zero-order valence-electron chi connectivity index (χ0n) is 11.2. The van der Waals surface area contributed by atoms with E-state index in [0.717, 1.165) is 10.6 Å². The van der Waals surface area contributed by atoms with Crippen LogP contribution in [0.2, 0.25) is 0 Å². The minimum absolute atomic E-state index is 0.0861. The standard InChI is InChI=1S/C14H17NO3S/c1-10(14(17)18-3)8-9-19-13-6-4-12(5-7-13)15-11(2)16/h4-8H,9H2,1-3H3,(H,15,16). The number of esters is 1. The first-order valence-electron chi connectivity index (χ1n) is 5.78. The van der Waals surface area contributed by atoms with Crippen molar-refractivity contribution >= 4 is 29.3 Å². The number of hydrogen-bond acceptors (Lipinski definition) is 4. The van der Waals surface area contributed by atoms with Gasteiger partial charge < -0.3 is 10.1 Å². The van der Waals surface area contributed by atoms with Crippen LogP contribution in [0.4, 0.5) is 5.69 Å². The van der Waals surface area contributed by atoms with Crippen LogP contribution in [0.1, 0.15) is 13.8 Å². The van der Waals surface area contributed by atoms with Crippen molar-refractivity contribution in [2.24, 2.45) is 0 Å². The van der Waals surface area contributed by atoms with Crippen molar-refractivity contribution in [2.75, 3.05) is 18.2 Å². The summed E-state index contributed by atoms with van der Waals surface area (Å²) < 4.78 is 4.61. The third-order valence-electron chi connectivity index (χ3n) is 2.32. The van der Waals surface area contributed by atoms with Crippen molar-refractivity contribution in [2.45, 2.75) is 18.7 Å². The van der Waals surface area contributed by atoms with Gasteiger partial charge in [-0.2, -0.15) is 0 Å². The van der Waals surface area contributed by atoms with Crippen molar-refractivity contribution in [1.29, 1.82) is 0 Å². The fourth-order valence-electron chi connectivity index (χ4n) is 1.34. The number of benzene rings is 1. The maximum atomic E-state index is 11.2. The van der Waals surface area contributed by atoms with Gasteiger partial charge in [0, 0.05) is 28.8 Å². The van der Waals surface area contributed by atoms with Gasteiger partial charge in [0.15, 0.2) is 0 Å². The first kappa shape index (κ1) is 15.3. The van der Waals surface area contributed by atoms with Crippen molar-refractivity contribution in [3.8, 4) is 0 Å². The second-order valence-electron chi connectivity index (χ2n) is 3.90. The van der Waals surface area contributed by atoms with Gasteiger partial charge in [-0.05, 0) is 31.2 Å². The lowest BCUT2D eigenvalue weighted by Crippen LogP contribution is -2.05. The van der Waals surface area contributed by atoms with E-state index in [1.54, 1.807) is 18.7 Å². The van der Waals surface area contributed by atoms with E-state index in [9.17, 15) is 9.59 Å². The average molecular weight is 279 g/mol. The molecule has 19 heavy (non-hydrogen) atoms. The van der Waals surface area contributed by atoms with Crippen LogP contribution >= 0.6 is 11.8 Å². The monoisotopic (exact) mass is 279 g/mol. The molecular weight excluding hydrogens is 262 g/mol. The molecule has 1 N–H and O–H groups in total. The number of ether oxygens (including phenoxy) is 1. The molecule has 0 atom stereocenters. The number of anilines is 1. The maximum Gasteiger partial charge on any atom is 0.333 e. The predicted octanol–water partition coefficient (Wildman–Crippen LogP) is 2.86. The summed E-state index contributed by atoms with van der Waals surface area (Å²) >= 11 is 1.61. The van der Waals surface area contributed by atoms with E-state index in [-0.39, 0.29) is 11.9 Å². The zero-order chi connectivity index (χ0) is 14.3. The Labute approximate surface area is 117 Å². The number of amides is 1. The van der Waals surface area contributed by atoms with Gasteiger partial charge in [-0.25, -0.2) is 4.79 Å². The molecule has 0 saturated heterocycles. The van der Waals surface area contributed by atoms with E-state index in [1.165, 1.54) is 14.0 Å². The molecule has 0 bridgehead atoms. The highest BCUT2D eigenvalue weighted by atomic mass is 32.2. The molecule has 4 nitrogen and oxygen atoms in total. The third kappa shape index (κ3) is 5.61. The summed E-state index contributed by atoms with van der Waals surface area (Å²) in [5, 5.41) is 2.71. The summed E-state index contributed by atoms with van der Waals surface area (Å²) in [6.45, 7) is 3.20. The summed E-state index contributed by atoms with van der Waals surface area (Å²) in [6, 6.07) is 7.55. The second kappa shape index (κ2) is 7.63. The van der Waals surface area contributed by atoms with Crippen molar-refractivity contribution in [3.63, 3.8) is 0 Å². The summed E-state index contributed by atoms with van der Waals surface area (Å²) in [5.74, 6) is 0.305. The number of hydrogen-bond donors (Lipinski definition) is 1. The number of carbonyl (C=O) groups excluding carboxylic acids is 2. The lowest BCUT2D eigenvalue weighted by atomic mass is 10.3. The second-order valence-corrected chi connectivity index (χ2v) is 4.99. The molecule has 0 spiro atoms. The molecule has 0 heterocycles. The molecule has 0 aromatic heterocycles. The zero-order valence-corrected chi connectivity index (χ0v) is 12.0. The van der Waals surface area contributed by atoms with E-state index in [1.807, 2.05) is 30.3 Å². The SMILES string of the molecule is COC(=O)C(C)=CCSc1ccc(NC(C)=O)cc1. The molecule has 1 amide bonds. The quantitative estimate of drug-likeness (QED) is 0.511. The minimum Gasteiger partial charge on any atom is -0.466 e. The van der Waals surface area contributed by atoms with Crippen molar-refractivity contribution in [1.82, 2.24) is 0 Å². The average Bonchev–Trinajstić information content (AvgIpc) is 2.39. The molecule has 0 aliphatic rings. The fraction of sp³-hybridized carbons (Fsp3) is 0.286. The van der Waals surface area contributed by atoms with Crippen LogP contribution in [0, 0.1) is 0 Å². The molecule has 0 unspecified atom stereocenters. The molecule has 1 rings (SSSR count). The van der Waals surface area contributed by atoms with Crippen LogP contribution < -0.4 is 5.32 Å². The lowest BCUT2D eigenvalue weighted by Gasteiger charge is -2.03. The van der Waals surface area contributed by atoms with Crippen LogP contribution in [-0.2, 0) is 14.3 Å². The molecule has 1 aromatic carbocycles. The summed E-state index contributed by atoms with van der Waals surface area (Å²) in [6.07, 6.45) is 1.83. The topological polar surface area (TPSA) is 55.4 Å². The highest BCUT2D eigenvalue weighted by Gasteiger charge is 2.02. The van der Waals surface area contributed by atoms with Crippen LogP contribution in [0.5, 0.6) is 0 Å². The Bertz CT molecular complexity index is 480. The van der Waals surface area contributed by atoms with Gasteiger partial charge >= 0.3 is 5.97 Å². The number of thioether (sulfide) groups is 1. The van der Waals surface area contributed by atoms with Crippen LogP contribution in [0.15, 0.2) is 40.8 Å². The van der Waals surface area contributed by atoms with E-state index in [0.29, 0.717) is 11.3 Å². The van der Waals surface area contributed by atoms with E-state index in [4.69, 9.17) is 0 Å². The van der Waals surface area contributed by atoms with Gasteiger partial charge in [0.2, 0.25) is 5.91 Å². The number of rotatable bonds is 5. The largest absolute Gasteiger partial charge is 0.466 e. The number of nitrogens with one attached hydrogen (secondary N) is 1. The van der Waals surface area contributed by atoms with Crippen molar-refractivity contribution in [3.05, 3.63) is 35.9 Å². The summed E-state index contributed by atoms with van der Waals surface area (Å²) in [7, 11) is 1.37. The van der Waals surface area contributed by atoms with Crippen LogP contribution in [0.3, 0.4) is 0 Å². The smallest absolute Gasteiger partial charge is 0.333 e. The van der Waals surface area contributed by atoms with E-state index < -0.39 is 0 Å². The first-order chi connectivity index (χ1) is 9.02. The molecule has 0 saturated carbocycles. The molecule has 5 heteroatoms. The highest BCUT2D eigenvalue weighted by Crippen LogP contribution is 2.20. The molecule has 1 aromatic rings. The van der Waals surface area contributed by atoms with Crippen LogP contribution in [0.25, 0.3) is 0 Å². The lowest BCUT2D eigenvalue weighted by molar-refractivity contribution is -0.136. The van der Waals surface area contributed by atoms with Gasteiger partial charge in [0.05, 0.1) is 7.11 Å². The minimum atomic E-state index is -0.304. The van der Waals surface area contributed by atoms with Crippen LogP contribution in [-0.4, -0.2) is 24.7 Å². The fourth-order valence-corrected chi connectivity index (χ4v) is 2.20. The van der Waals surface area contributed by atoms with Crippen molar-refractivity contribution < 1.29 is 14.3 Å². The van der Waals surface area contributed by atoms with Gasteiger partial charge in [-0.15, -0.1) is 11.8 Å². The number of methoxy groups -OCH3 is 1. The Kier molecular flexibility index (Phi) is 6.15. The van der Waals surface area contributed by atoms with Gasteiger partial charge in [0.25, 0.3) is 0 Å². The maximum absolute atomic E-state index is 11.2. The predicted molar refractivity (Wildman–Crippen MR) is 77.2 cm³/mol. The Morgan fingerprint density at radius 2 is 1.89 bits per heavy atom. The first-order valence-corrected chi connectivity index (χ1v) is 6.77. The molecule has 0 aliphatic carbocycles.